The van der Waals surface area contributed by atoms with Gasteiger partial charge in [0.2, 0.25) is 0 Å². The molecule has 0 aromatic heterocycles. The lowest BCUT2D eigenvalue weighted by molar-refractivity contribution is 0.135. The van der Waals surface area contributed by atoms with Gasteiger partial charge >= 0.3 is 0 Å². The quantitative estimate of drug-likeness (QED) is 0.513. The van der Waals surface area contributed by atoms with Gasteiger partial charge in [-0.1, -0.05) is 49.4 Å². The molecule has 1 nitrogen and oxygen atoms in total. The molecular formula is C29H35N. The fourth-order valence-corrected chi connectivity index (χ4v) is 6.48. The van der Waals surface area contributed by atoms with Crippen molar-refractivity contribution in [1.82, 2.24) is 0 Å². The molecule has 0 saturated heterocycles. The maximum atomic E-state index is 4.91. The van der Waals surface area contributed by atoms with Gasteiger partial charge in [-0.25, -0.2) is 0 Å². The van der Waals surface area contributed by atoms with Crippen LogP contribution in [0.4, 0.5) is 0 Å². The van der Waals surface area contributed by atoms with Gasteiger partial charge in [-0.15, -0.1) is 0 Å². The van der Waals surface area contributed by atoms with Crippen LogP contribution in [0, 0.1) is 25.2 Å². The first kappa shape index (κ1) is 19.8. The molecule has 5 rings (SSSR count). The van der Waals surface area contributed by atoms with Crippen LogP contribution in [0.15, 0.2) is 59.1 Å². The maximum Gasteiger partial charge on any atom is 0.0724 e. The Kier molecular flexibility index (Phi) is 4.96. The summed E-state index contributed by atoms with van der Waals surface area (Å²) >= 11 is 0. The second-order valence-electron chi connectivity index (χ2n) is 10.3. The molecule has 2 fully saturated rings. The van der Waals surface area contributed by atoms with E-state index in [0.29, 0.717) is 17.4 Å². The monoisotopic (exact) mass is 397 g/mol. The molecule has 1 heteroatoms. The average molecular weight is 398 g/mol. The van der Waals surface area contributed by atoms with E-state index in [-0.39, 0.29) is 0 Å². The van der Waals surface area contributed by atoms with Crippen LogP contribution in [0.25, 0.3) is 0 Å². The van der Waals surface area contributed by atoms with Gasteiger partial charge in [0.05, 0.1) is 6.04 Å². The van der Waals surface area contributed by atoms with Crippen molar-refractivity contribution in [2.24, 2.45) is 16.3 Å². The minimum atomic E-state index is 0.501. The minimum Gasteiger partial charge on any atom is -0.282 e. The van der Waals surface area contributed by atoms with E-state index in [1.807, 2.05) is 0 Å². The molecule has 0 bridgehead atoms. The Bertz CT molecular complexity index is 999. The van der Waals surface area contributed by atoms with E-state index in [1.165, 1.54) is 60.1 Å². The van der Waals surface area contributed by atoms with Gasteiger partial charge in [-0.2, -0.15) is 0 Å². The average Bonchev–Trinajstić information content (AvgIpc) is 3.22. The fourth-order valence-electron chi connectivity index (χ4n) is 6.48. The summed E-state index contributed by atoms with van der Waals surface area (Å²) in [6.45, 7) is 9.09. The number of rotatable bonds is 3. The molecule has 1 heterocycles. The van der Waals surface area contributed by atoms with Gasteiger partial charge in [0, 0.05) is 5.71 Å². The van der Waals surface area contributed by atoms with Gasteiger partial charge in [0.25, 0.3) is 0 Å². The van der Waals surface area contributed by atoms with Crippen molar-refractivity contribution in [2.75, 3.05) is 0 Å². The third-order valence-electron chi connectivity index (χ3n) is 8.68. The topological polar surface area (TPSA) is 12.4 Å². The molecule has 3 aliphatic rings. The summed E-state index contributed by atoms with van der Waals surface area (Å²) in [4.78, 5) is 4.91. The van der Waals surface area contributed by atoms with Crippen LogP contribution in [0.3, 0.4) is 0 Å². The minimum absolute atomic E-state index is 0.501. The molecule has 0 N–H and O–H groups in total. The Labute approximate surface area is 182 Å². The normalized spacial score (nSPS) is 30.3. The van der Waals surface area contributed by atoms with Gasteiger partial charge < -0.3 is 0 Å². The highest BCUT2D eigenvalue weighted by Crippen LogP contribution is 2.58. The smallest absolute Gasteiger partial charge is 0.0724 e. The number of nitrogens with zero attached hydrogens (tertiary/aromatic N) is 1. The Morgan fingerprint density at radius 3 is 2.40 bits per heavy atom. The Hall–Kier alpha value is -2.15. The lowest BCUT2D eigenvalue weighted by atomic mass is 9.64. The molecule has 2 aliphatic carbocycles. The zero-order valence-electron chi connectivity index (χ0n) is 19.0. The highest BCUT2D eigenvalue weighted by atomic mass is 14.9. The zero-order valence-corrected chi connectivity index (χ0v) is 19.0. The van der Waals surface area contributed by atoms with Gasteiger partial charge in [0.1, 0.15) is 0 Å². The summed E-state index contributed by atoms with van der Waals surface area (Å²) in [6, 6.07) is 16.7. The molecule has 2 saturated carbocycles. The van der Waals surface area contributed by atoms with Crippen LogP contribution in [-0.2, 0) is 6.42 Å². The molecule has 0 amide bonds. The summed E-state index contributed by atoms with van der Waals surface area (Å²) in [6.07, 6.45) is 10.1. The predicted octanol–water partition coefficient (Wildman–Crippen LogP) is 7.35. The molecule has 156 valence electrons. The molecule has 1 unspecified atom stereocenters. The standard InChI is InChI=1S/C29H35N/c1-19-6-5-7-26(21(19)3)17-23-8-10-24(11-9-23)25-12-14-29(15-13-25)18-28-27(22(29)4)16-20(2)30-28/h5-11,16,22,25,28H,12-15,17-18H2,1-4H3/t22-,25?,28?,29?/m1/s1. The van der Waals surface area contributed by atoms with Gasteiger partial charge in [0.15, 0.2) is 0 Å². The van der Waals surface area contributed by atoms with Gasteiger partial charge in [-0.3, -0.25) is 4.99 Å². The van der Waals surface area contributed by atoms with Crippen LogP contribution in [0.1, 0.15) is 79.7 Å². The zero-order chi connectivity index (χ0) is 20.9. The first-order chi connectivity index (χ1) is 14.4. The molecule has 2 aromatic rings. The second-order valence-corrected chi connectivity index (χ2v) is 10.3. The summed E-state index contributed by atoms with van der Waals surface area (Å²) in [5.41, 5.74) is 10.6. The number of allylic oxidation sites excluding steroid dienone is 1. The van der Waals surface area contributed by atoms with Crippen molar-refractivity contribution in [1.29, 1.82) is 0 Å². The fraction of sp³-hybridized carbons (Fsp3) is 0.483. The first-order valence-corrected chi connectivity index (χ1v) is 11.8. The summed E-state index contributed by atoms with van der Waals surface area (Å²) in [5, 5.41) is 0. The van der Waals surface area contributed by atoms with Crippen molar-refractivity contribution in [2.45, 2.75) is 78.2 Å². The van der Waals surface area contributed by atoms with E-state index < -0.39 is 0 Å². The Balaban J connectivity index is 1.24. The van der Waals surface area contributed by atoms with Crippen molar-refractivity contribution in [3.05, 3.63) is 81.9 Å². The SMILES string of the molecule is CC1=NC2CC3(CCC(c4ccc(Cc5cccc(C)c5C)cc4)CC3)[C@H](C)C2=C1. The van der Waals surface area contributed by atoms with Gasteiger partial charge in [-0.05, 0) is 116 Å². The van der Waals surface area contributed by atoms with Crippen molar-refractivity contribution < 1.29 is 0 Å². The second kappa shape index (κ2) is 7.52. The Morgan fingerprint density at radius 1 is 0.967 bits per heavy atom. The summed E-state index contributed by atoms with van der Waals surface area (Å²) < 4.78 is 0. The van der Waals surface area contributed by atoms with E-state index in [1.54, 1.807) is 11.1 Å². The number of hydrogen-bond acceptors (Lipinski definition) is 1. The third kappa shape index (κ3) is 3.37. The lowest BCUT2D eigenvalue weighted by Crippen LogP contribution is -2.30. The van der Waals surface area contributed by atoms with Crippen molar-refractivity contribution >= 4 is 5.71 Å². The number of fused-ring (bicyclic) bond motifs is 1. The molecule has 0 radical (unpaired) electrons. The molecule has 30 heavy (non-hydrogen) atoms. The van der Waals surface area contributed by atoms with E-state index in [0.717, 1.165) is 12.3 Å². The highest BCUT2D eigenvalue weighted by Gasteiger charge is 2.50. The van der Waals surface area contributed by atoms with Crippen molar-refractivity contribution in [3.63, 3.8) is 0 Å². The van der Waals surface area contributed by atoms with E-state index in [4.69, 9.17) is 4.99 Å². The van der Waals surface area contributed by atoms with Crippen molar-refractivity contribution in [3.8, 4) is 0 Å². The largest absolute Gasteiger partial charge is 0.282 e. The predicted molar refractivity (Wildman–Crippen MR) is 128 cm³/mol. The molecule has 2 atom stereocenters. The number of benzene rings is 2. The van der Waals surface area contributed by atoms with Crippen LogP contribution < -0.4 is 0 Å². The van der Waals surface area contributed by atoms with E-state index >= 15 is 0 Å². The Morgan fingerprint density at radius 2 is 1.70 bits per heavy atom. The van der Waals surface area contributed by atoms with Crippen LogP contribution >= 0.6 is 0 Å². The molecule has 1 spiro atoms. The van der Waals surface area contributed by atoms with Crippen LogP contribution in [0.5, 0.6) is 0 Å². The lowest BCUT2D eigenvalue weighted by Gasteiger charge is -2.41. The number of aryl methyl sites for hydroxylation is 1. The summed E-state index contributed by atoms with van der Waals surface area (Å²) in [7, 11) is 0. The highest BCUT2D eigenvalue weighted by molar-refractivity contribution is 5.96. The van der Waals surface area contributed by atoms with Crippen LogP contribution in [0.2, 0.25) is 0 Å². The number of aliphatic imine (C=N–C) groups is 1. The first-order valence-electron chi connectivity index (χ1n) is 11.8. The van der Waals surface area contributed by atoms with Crippen LogP contribution in [-0.4, -0.2) is 11.8 Å². The van der Waals surface area contributed by atoms with E-state index in [2.05, 4.69) is 76.2 Å². The maximum absolute atomic E-state index is 4.91. The molecular weight excluding hydrogens is 362 g/mol. The number of hydrogen-bond donors (Lipinski definition) is 0. The summed E-state index contributed by atoms with van der Waals surface area (Å²) in [5.74, 6) is 1.45. The van der Waals surface area contributed by atoms with E-state index in [9.17, 15) is 0 Å². The molecule has 2 aromatic carbocycles. The third-order valence-corrected chi connectivity index (χ3v) is 8.68. The molecule has 1 aliphatic heterocycles.